The molecule has 2 aromatic rings. The van der Waals surface area contributed by atoms with Crippen molar-refractivity contribution in [3.8, 4) is 5.75 Å². The quantitative estimate of drug-likeness (QED) is 0.112. The number of hydrogen-bond donors (Lipinski definition) is 3. The lowest BCUT2D eigenvalue weighted by Gasteiger charge is -2.15. The Hall–Kier alpha value is -3.64. The van der Waals surface area contributed by atoms with Gasteiger partial charge in [-0.25, -0.2) is 4.39 Å². The average molecular weight is 559 g/mol. The summed E-state index contributed by atoms with van der Waals surface area (Å²) in [4.78, 5) is 12.8. The second-order valence-corrected chi connectivity index (χ2v) is 7.57. The third kappa shape index (κ3) is 16.0. The van der Waals surface area contributed by atoms with Crippen molar-refractivity contribution >= 4 is 35.4 Å². The number of halogens is 4. The van der Waals surface area contributed by atoms with Crippen molar-refractivity contribution in [1.29, 1.82) is 0 Å². The predicted molar refractivity (Wildman–Crippen MR) is 148 cm³/mol. The first-order chi connectivity index (χ1) is 18.6. The van der Waals surface area contributed by atoms with Gasteiger partial charge in [0.15, 0.2) is 0 Å². The van der Waals surface area contributed by atoms with E-state index >= 15 is 0 Å². The molecule has 4 N–H and O–H groups in total. The molecule has 0 unspecified atom stereocenters. The minimum atomic E-state index is -4.65. The van der Waals surface area contributed by atoms with E-state index < -0.39 is 18.8 Å². The van der Waals surface area contributed by atoms with Gasteiger partial charge >= 0.3 is 6.36 Å². The molecular formula is C27H38F4N4O4. The first-order valence-electron chi connectivity index (χ1n) is 12.2. The molecule has 0 bridgehead atoms. The Kier molecular flexibility index (Phi) is 18.4. The number of carbonyl (C=O) groups is 1. The van der Waals surface area contributed by atoms with Crippen LogP contribution in [0.25, 0.3) is 5.70 Å². The van der Waals surface area contributed by atoms with Crippen LogP contribution in [0, 0.1) is 5.82 Å². The van der Waals surface area contributed by atoms with Gasteiger partial charge in [-0.1, -0.05) is 33.3 Å². The van der Waals surface area contributed by atoms with E-state index in [0.717, 1.165) is 0 Å². The van der Waals surface area contributed by atoms with Crippen LogP contribution in [0.1, 0.15) is 39.2 Å². The summed E-state index contributed by atoms with van der Waals surface area (Å²) in [6.45, 7) is 10.1. The summed E-state index contributed by atoms with van der Waals surface area (Å²) in [6.07, 6.45) is -0.229. The van der Waals surface area contributed by atoms with Crippen LogP contribution in [0.4, 0.5) is 34.6 Å². The largest absolute Gasteiger partial charge is 0.522 e. The number of alkyl halides is 3. The van der Waals surface area contributed by atoms with Crippen molar-refractivity contribution in [2.24, 2.45) is 10.7 Å². The maximum atomic E-state index is 14.8. The summed E-state index contributed by atoms with van der Waals surface area (Å²) >= 11 is 0. The normalized spacial score (nSPS) is 10.6. The maximum absolute atomic E-state index is 14.8. The van der Waals surface area contributed by atoms with Gasteiger partial charge in [0, 0.05) is 49.1 Å². The Bertz CT molecular complexity index is 999. The fourth-order valence-electron chi connectivity index (χ4n) is 2.70. The summed E-state index contributed by atoms with van der Waals surface area (Å²) in [5.74, 6) is -0.234. The van der Waals surface area contributed by atoms with Gasteiger partial charge in [-0.05, 0) is 31.2 Å². The highest BCUT2D eigenvalue weighted by Gasteiger charge is 2.28. The molecule has 2 rings (SSSR count). The van der Waals surface area contributed by atoms with Crippen molar-refractivity contribution < 1.29 is 36.6 Å². The van der Waals surface area contributed by atoms with Crippen LogP contribution in [0.5, 0.6) is 5.75 Å². The number of nitrogens with two attached hydrogens (primary N) is 1. The number of ether oxygens (including phenoxy) is 3. The number of primary amides is 1. The fourth-order valence-corrected chi connectivity index (χ4v) is 2.70. The molecule has 0 heterocycles. The van der Waals surface area contributed by atoms with E-state index in [4.69, 9.17) is 14.3 Å². The SMILES string of the molecule is C=C(Nc1ccc(NCCOC(F)(F)F)cc1)c1c(F)cc(OCCOC)cc1N=CC.CCCC.NC=O. The van der Waals surface area contributed by atoms with E-state index in [1.54, 1.807) is 44.4 Å². The molecule has 0 aromatic heterocycles. The van der Waals surface area contributed by atoms with Crippen LogP contribution in [0.2, 0.25) is 0 Å². The Balaban J connectivity index is 0.00000185. The van der Waals surface area contributed by atoms with Crippen molar-refractivity contribution in [2.45, 2.75) is 40.0 Å². The lowest BCUT2D eigenvalue weighted by molar-refractivity contribution is -0.322. The Morgan fingerprint density at radius 2 is 1.67 bits per heavy atom. The van der Waals surface area contributed by atoms with Gasteiger partial charge < -0.3 is 25.8 Å². The molecule has 12 heteroatoms. The highest BCUT2D eigenvalue weighted by atomic mass is 19.4. The number of carbonyl (C=O) groups excluding carboxylic acids is 1. The summed E-state index contributed by atoms with van der Waals surface area (Å²) in [7, 11) is 1.54. The molecule has 0 spiro atoms. The van der Waals surface area contributed by atoms with E-state index in [1.807, 2.05) is 0 Å². The van der Waals surface area contributed by atoms with E-state index in [1.165, 1.54) is 25.1 Å². The van der Waals surface area contributed by atoms with Gasteiger partial charge in [-0.2, -0.15) is 0 Å². The van der Waals surface area contributed by atoms with E-state index in [2.05, 4.69) is 46.5 Å². The zero-order chi connectivity index (χ0) is 29.7. The predicted octanol–water partition coefficient (Wildman–Crippen LogP) is 6.51. The smallest absolute Gasteiger partial charge is 0.491 e. The topological polar surface area (TPSA) is 107 Å². The zero-order valence-electron chi connectivity index (χ0n) is 22.7. The lowest BCUT2D eigenvalue weighted by Crippen LogP contribution is -2.19. The van der Waals surface area contributed by atoms with Crippen LogP contribution >= 0.6 is 0 Å². The number of benzene rings is 2. The molecule has 2 aromatic carbocycles. The highest BCUT2D eigenvalue weighted by Crippen LogP contribution is 2.33. The van der Waals surface area contributed by atoms with Crippen molar-refractivity contribution in [2.75, 3.05) is 44.1 Å². The highest BCUT2D eigenvalue weighted by molar-refractivity contribution is 5.83. The summed E-state index contributed by atoms with van der Waals surface area (Å²) < 4.78 is 64.9. The molecule has 0 saturated carbocycles. The monoisotopic (exact) mass is 558 g/mol. The molecule has 39 heavy (non-hydrogen) atoms. The zero-order valence-corrected chi connectivity index (χ0v) is 22.7. The standard InChI is InChI=1S/C22H25F4N3O3.C4H10.CH3NO/c1-4-27-20-14-18(31-12-11-30-3)13-19(23)21(20)15(2)29-17-7-5-16(6-8-17)28-9-10-32-22(24,25)26;1-3-4-2;2-1-3/h4-8,13-14,28-29H,2,9-12H2,1,3H3;3-4H2,1-2H3;1H,(H2,2,3). The third-order valence-corrected chi connectivity index (χ3v) is 4.55. The van der Waals surface area contributed by atoms with E-state index in [0.29, 0.717) is 29.4 Å². The van der Waals surface area contributed by atoms with Gasteiger partial charge in [0.1, 0.15) is 18.2 Å². The molecule has 0 atom stereocenters. The molecule has 218 valence electrons. The van der Waals surface area contributed by atoms with Crippen LogP contribution < -0.4 is 21.1 Å². The van der Waals surface area contributed by atoms with Crippen LogP contribution in [-0.4, -0.2) is 52.5 Å². The minimum Gasteiger partial charge on any atom is -0.491 e. The molecule has 0 aliphatic carbocycles. The number of aliphatic imine (C=N–C) groups is 1. The minimum absolute atomic E-state index is 0.0125. The Morgan fingerprint density at radius 3 is 2.18 bits per heavy atom. The third-order valence-electron chi connectivity index (χ3n) is 4.55. The first kappa shape index (κ1) is 35.4. The van der Waals surface area contributed by atoms with Gasteiger partial charge in [-0.15, -0.1) is 13.2 Å². The van der Waals surface area contributed by atoms with Crippen LogP contribution in [0.3, 0.4) is 0 Å². The van der Waals surface area contributed by atoms with E-state index in [-0.39, 0.29) is 30.8 Å². The van der Waals surface area contributed by atoms with Crippen molar-refractivity contribution in [3.05, 3.63) is 54.4 Å². The number of nitrogens with zero attached hydrogens (tertiary/aromatic N) is 1. The molecular weight excluding hydrogens is 520 g/mol. The van der Waals surface area contributed by atoms with Gasteiger partial charge in [-0.3, -0.25) is 14.5 Å². The number of methoxy groups -OCH3 is 1. The van der Waals surface area contributed by atoms with Gasteiger partial charge in [0.25, 0.3) is 0 Å². The van der Waals surface area contributed by atoms with E-state index in [9.17, 15) is 17.6 Å². The van der Waals surface area contributed by atoms with Crippen LogP contribution in [0.15, 0.2) is 48.0 Å². The molecule has 1 amide bonds. The molecule has 0 aliphatic rings. The summed E-state index contributed by atoms with van der Waals surface area (Å²) in [6, 6.07) is 9.55. The summed E-state index contributed by atoms with van der Waals surface area (Å²) in [5.41, 5.74) is 6.20. The van der Waals surface area contributed by atoms with Gasteiger partial charge in [0.05, 0.1) is 24.5 Å². The number of anilines is 2. The second kappa shape index (κ2) is 20.3. The lowest BCUT2D eigenvalue weighted by atomic mass is 10.1. The Labute approximate surface area is 227 Å². The van der Waals surface area contributed by atoms with Crippen molar-refractivity contribution in [1.82, 2.24) is 0 Å². The number of hydrogen-bond acceptors (Lipinski definition) is 7. The molecule has 0 saturated heterocycles. The average Bonchev–Trinajstić information content (AvgIpc) is 2.88. The number of unbranched alkanes of at least 4 members (excludes halogenated alkanes) is 1. The first-order valence-corrected chi connectivity index (χ1v) is 12.2. The fraction of sp³-hybridized carbons (Fsp3) is 0.407. The summed E-state index contributed by atoms with van der Waals surface area (Å²) in [5, 5.41) is 5.83. The van der Waals surface area contributed by atoms with Gasteiger partial charge in [0.2, 0.25) is 6.41 Å². The van der Waals surface area contributed by atoms with Crippen molar-refractivity contribution in [3.63, 3.8) is 0 Å². The number of rotatable bonds is 13. The maximum Gasteiger partial charge on any atom is 0.522 e. The molecule has 8 nitrogen and oxygen atoms in total. The second-order valence-electron chi connectivity index (χ2n) is 7.57. The number of amides is 1. The Morgan fingerprint density at radius 1 is 1.08 bits per heavy atom. The molecule has 0 radical (unpaired) electrons. The molecule has 0 aliphatic heterocycles. The van der Waals surface area contributed by atoms with Crippen LogP contribution in [-0.2, 0) is 14.3 Å². The number of nitrogens with one attached hydrogen (secondary N) is 2. The molecule has 0 fully saturated rings.